The summed E-state index contributed by atoms with van der Waals surface area (Å²) in [6.07, 6.45) is 1.68. The fourth-order valence-electron chi connectivity index (χ4n) is 2.39. The fraction of sp³-hybridized carbons (Fsp3) is 0.312. The molecule has 1 saturated heterocycles. The lowest BCUT2D eigenvalue weighted by Gasteiger charge is -2.34. The normalized spacial score (nSPS) is 14.8. The van der Waals surface area contributed by atoms with Gasteiger partial charge in [0.2, 0.25) is 11.8 Å². The highest BCUT2D eigenvalue weighted by molar-refractivity contribution is 5.99. The summed E-state index contributed by atoms with van der Waals surface area (Å²) in [4.78, 5) is 37.5. The number of carbonyl (C=O) groups excluding carboxylic acids is 2. The first-order chi connectivity index (χ1) is 10.5. The number of benzene rings is 1. The first kappa shape index (κ1) is 15.8. The van der Waals surface area contributed by atoms with Gasteiger partial charge in [0.25, 0.3) is 0 Å². The van der Waals surface area contributed by atoms with Gasteiger partial charge in [-0.1, -0.05) is 18.7 Å². The van der Waals surface area contributed by atoms with Crippen LogP contribution in [0.2, 0.25) is 0 Å². The van der Waals surface area contributed by atoms with Crippen molar-refractivity contribution in [2.24, 2.45) is 0 Å². The Balaban J connectivity index is 2.07. The van der Waals surface area contributed by atoms with Gasteiger partial charge in [-0.2, -0.15) is 0 Å². The number of aryl methyl sites for hydroxylation is 1. The molecule has 2 amide bonds. The quantitative estimate of drug-likeness (QED) is 0.825. The third-order valence-corrected chi connectivity index (χ3v) is 3.56. The molecule has 6 heteroatoms. The minimum absolute atomic E-state index is 0.0320. The largest absolute Gasteiger partial charge is 0.481 e. The number of anilines is 1. The second-order valence-electron chi connectivity index (χ2n) is 5.07. The number of hydrogen-bond donors (Lipinski definition) is 1. The molecule has 116 valence electrons. The fourth-order valence-corrected chi connectivity index (χ4v) is 2.39. The van der Waals surface area contributed by atoms with E-state index in [0.717, 1.165) is 11.3 Å². The number of nitrogens with zero attached hydrogens (tertiary/aromatic N) is 2. The zero-order chi connectivity index (χ0) is 16.1. The highest BCUT2D eigenvalue weighted by atomic mass is 16.4. The summed E-state index contributed by atoms with van der Waals surface area (Å²) in [5.41, 5.74) is 1.61. The van der Waals surface area contributed by atoms with E-state index in [-0.39, 0.29) is 24.8 Å². The van der Waals surface area contributed by atoms with Crippen LogP contribution in [0.1, 0.15) is 12.0 Å². The van der Waals surface area contributed by atoms with Crippen molar-refractivity contribution in [3.05, 3.63) is 42.5 Å². The van der Waals surface area contributed by atoms with Crippen LogP contribution in [-0.2, 0) is 20.8 Å². The third kappa shape index (κ3) is 3.72. The molecule has 6 nitrogen and oxygen atoms in total. The molecule has 0 aliphatic carbocycles. The SMILES string of the molecule is C=CC(=O)N1CCN(c2cccc(CCC(=O)O)c2)C(=O)C1. The molecular weight excluding hydrogens is 284 g/mol. The number of rotatable bonds is 5. The maximum absolute atomic E-state index is 12.2. The first-order valence-electron chi connectivity index (χ1n) is 7.03. The Morgan fingerprint density at radius 2 is 2.09 bits per heavy atom. The molecule has 1 N–H and O–H groups in total. The van der Waals surface area contributed by atoms with E-state index in [2.05, 4.69) is 6.58 Å². The summed E-state index contributed by atoms with van der Waals surface area (Å²) < 4.78 is 0. The van der Waals surface area contributed by atoms with Crippen molar-refractivity contribution in [3.8, 4) is 0 Å². The number of hydrogen-bond acceptors (Lipinski definition) is 3. The van der Waals surface area contributed by atoms with Gasteiger partial charge in [0.05, 0.1) is 0 Å². The molecule has 0 aromatic heterocycles. The Morgan fingerprint density at radius 1 is 1.32 bits per heavy atom. The molecule has 0 bridgehead atoms. The lowest BCUT2D eigenvalue weighted by molar-refractivity contribution is -0.137. The molecule has 2 rings (SSSR count). The van der Waals surface area contributed by atoms with Crippen LogP contribution >= 0.6 is 0 Å². The standard InChI is InChI=1S/C16H18N2O4/c1-2-14(19)17-8-9-18(15(20)11-17)13-5-3-4-12(10-13)6-7-16(21)22/h2-5,10H,1,6-9,11H2,(H,21,22). The zero-order valence-corrected chi connectivity index (χ0v) is 12.2. The van der Waals surface area contributed by atoms with Gasteiger partial charge >= 0.3 is 5.97 Å². The summed E-state index contributed by atoms with van der Waals surface area (Å²) in [7, 11) is 0. The van der Waals surface area contributed by atoms with Crippen LogP contribution in [0.3, 0.4) is 0 Å². The topological polar surface area (TPSA) is 77.9 Å². The smallest absolute Gasteiger partial charge is 0.303 e. The van der Waals surface area contributed by atoms with E-state index in [1.807, 2.05) is 18.2 Å². The molecule has 0 unspecified atom stereocenters. The predicted molar refractivity (Wildman–Crippen MR) is 81.5 cm³/mol. The molecule has 1 aromatic carbocycles. The summed E-state index contributed by atoms with van der Waals surface area (Å²) in [5, 5.41) is 8.73. The average molecular weight is 302 g/mol. The summed E-state index contributed by atoms with van der Waals surface area (Å²) >= 11 is 0. The lowest BCUT2D eigenvalue weighted by Crippen LogP contribution is -2.52. The van der Waals surface area contributed by atoms with Crippen molar-refractivity contribution in [3.63, 3.8) is 0 Å². The highest BCUT2D eigenvalue weighted by Crippen LogP contribution is 2.20. The number of aliphatic carboxylic acids is 1. The van der Waals surface area contributed by atoms with E-state index in [4.69, 9.17) is 5.11 Å². The van der Waals surface area contributed by atoms with Crippen molar-refractivity contribution in [2.45, 2.75) is 12.8 Å². The monoisotopic (exact) mass is 302 g/mol. The lowest BCUT2D eigenvalue weighted by atomic mass is 10.1. The van der Waals surface area contributed by atoms with E-state index in [0.29, 0.717) is 19.5 Å². The van der Waals surface area contributed by atoms with Gasteiger partial charge in [0.15, 0.2) is 0 Å². The predicted octanol–water partition coefficient (Wildman–Crippen LogP) is 1.06. The maximum Gasteiger partial charge on any atom is 0.303 e. The first-order valence-corrected chi connectivity index (χ1v) is 7.03. The van der Waals surface area contributed by atoms with Crippen LogP contribution in [0.4, 0.5) is 5.69 Å². The van der Waals surface area contributed by atoms with Gasteiger partial charge in [0.1, 0.15) is 6.54 Å². The van der Waals surface area contributed by atoms with Crippen LogP contribution < -0.4 is 4.90 Å². The van der Waals surface area contributed by atoms with Gasteiger partial charge in [-0.25, -0.2) is 0 Å². The van der Waals surface area contributed by atoms with E-state index in [1.165, 1.54) is 11.0 Å². The van der Waals surface area contributed by atoms with Crippen LogP contribution in [0.15, 0.2) is 36.9 Å². The molecule has 0 saturated carbocycles. The Kier molecular flexibility index (Phi) is 4.93. The van der Waals surface area contributed by atoms with Gasteiger partial charge in [0, 0.05) is 25.2 Å². The van der Waals surface area contributed by atoms with Crippen molar-refractivity contribution < 1.29 is 19.5 Å². The van der Waals surface area contributed by atoms with Crippen molar-refractivity contribution >= 4 is 23.5 Å². The summed E-state index contributed by atoms with van der Waals surface area (Å²) in [6.45, 7) is 4.32. The number of piperazine rings is 1. The van der Waals surface area contributed by atoms with E-state index in [9.17, 15) is 14.4 Å². The Labute approximate surface area is 128 Å². The van der Waals surface area contributed by atoms with Gasteiger partial charge in [-0.05, 0) is 30.2 Å². The van der Waals surface area contributed by atoms with Crippen molar-refractivity contribution in [1.29, 1.82) is 0 Å². The minimum Gasteiger partial charge on any atom is -0.481 e. The molecule has 0 atom stereocenters. The third-order valence-electron chi connectivity index (χ3n) is 3.56. The number of carboxylic acids is 1. The van der Waals surface area contributed by atoms with E-state index in [1.54, 1.807) is 11.0 Å². The van der Waals surface area contributed by atoms with Crippen molar-refractivity contribution in [1.82, 2.24) is 4.90 Å². The minimum atomic E-state index is -0.849. The molecule has 0 spiro atoms. The van der Waals surface area contributed by atoms with Crippen LogP contribution in [-0.4, -0.2) is 47.4 Å². The molecule has 22 heavy (non-hydrogen) atoms. The summed E-state index contributed by atoms with van der Waals surface area (Å²) in [5.74, 6) is -1.25. The number of amides is 2. The molecular formula is C16H18N2O4. The van der Waals surface area contributed by atoms with Gasteiger partial charge < -0.3 is 14.9 Å². The Morgan fingerprint density at radius 3 is 2.73 bits per heavy atom. The Hall–Kier alpha value is -2.63. The summed E-state index contributed by atoms with van der Waals surface area (Å²) in [6, 6.07) is 7.29. The second-order valence-corrected chi connectivity index (χ2v) is 5.07. The van der Waals surface area contributed by atoms with Crippen LogP contribution in [0, 0.1) is 0 Å². The van der Waals surface area contributed by atoms with Crippen LogP contribution in [0.25, 0.3) is 0 Å². The second kappa shape index (κ2) is 6.89. The number of carboxylic acid groups (broad SMARTS) is 1. The van der Waals surface area contributed by atoms with Gasteiger partial charge in [-0.3, -0.25) is 14.4 Å². The van der Waals surface area contributed by atoms with Crippen LogP contribution in [0.5, 0.6) is 0 Å². The van der Waals surface area contributed by atoms with E-state index >= 15 is 0 Å². The highest BCUT2D eigenvalue weighted by Gasteiger charge is 2.26. The molecule has 1 heterocycles. The molecule has 1 aliphatic rings. The van der Waals surface area contributed by atoms with E-state index < -0.39 is 5.97 Å². The zero-order valence-electron chi connectivity index (χ0n) is 12.2. The molecule has 1 fully saturated rings. The maximum atomic E-state index is 12.2. The molecule has 1 aromatic rings. The number of carbonyl (C=O) groups is 3. The molecule has 1 aliphatic heterocycles. The van der Waals surface area contributed by atoms with Gasteiger partial charge in [-0.15, -0.1) is 0 Å². The Bertz CT molecular complexity index is 612. The average Bonchev–Trinajstić information content (AvgIpc) is 2.52. The molecule has 0 radical (unpaired) electrons. The van der Waals surface area contributed by atoms with Crippen molar-refractivity contribution in [2.75, 3.05) is 24.5 Å².